The van der Waals surface area contributed by atoms with Crippen LogP contribution in [0.15, 0.2) is 18.2 Å². The second-order valence-electron chi connectivity index (χ2n) is 3.21. The van der Waals surface area contributed by atoms with Crippen molar-refractivity contribution >= 4 is 17.6 Å². The van der Waals surface area contributed by atoms with E-state index in [1.54, 1.807) is 18.2 Å². The highest BCUT2D eigenvalue weighted by Gasteiger charge is 2.16. The molecule has 0 spiro atoms. The smallest absolute Gasteiger partial charge is 0.335 e. The van der Waals surface area contributed by atoms with Crippen LogP contribution in [-0.2, 0) is 16.0 Å². The molecule has 0 aliphatic heterocycles. The van der Waals surface area contributed by atoms with E-state index in [1.165, 1.54) is 14.2 Å². The van der Waals surface area contributed by atoms with Crippen molar-refractivity contribution < 1.29 is 19.4 Å². The van der Waals surface area contributed by atoms with Gasteiger partial charge in [-0.1, -0.05) is 17.7 Å². The van der Waals surface area contributed by atoms with Crippen LogP contribution in [0.5, 0.6) is 5.75 Å². The number of aliphatic hydroxyl groups excluding tert-OH is 1. The Labute approximate surface area is 98.7 Å². The van der Waals surface area contributed by atoms with Gasteiger partial charge in [0.05, 0.1) is 19.2 Å². The fourth-order valence-corrected chi connectivity index (χ4v) is 1.47. The molecule has 0 heterocycles. The van der Waals surface area contributed by atoms with E-state index in [2.05, 4.69) is 4.74 Å². The van der Waals surface area contributed by atoms with Gasteiger partial charge in [0, 0.05) is 6.42 Å². The second kappa shape index (κ2) is 5.72. The molecule has 0 radical (unpaired) electrons. The molecule has 5 heteroatoms. The maximum absolute atomic E-state index is 11.0. The fourth-order valence-electron chi connectivity index (χ4n) is 1.27. The summed E-state index contributed by atoms with van der Waals surface area (Å²) in [5, 5.41) is 9.94. The zero-order valence-corrected chi connectivity index (χ0v) is 9.82. The van der Waals surface area contributed by atoms with Gasteiger partial charge in [-0.3, -0.25) is 0 Å². The Bertz CT molecular complexity index is 378. The molecule has 0 fully saturated rings. The monoisotopic (exact) mass is 244 g/mol. The molecule has 1 atom stereocenters. The number of carbonyl (C=O) groups is 1. The molecule has 88 valence electrons. The molecule has 0 bridgehead atoms. The quantitative estimate of drug-likeness (QED) is 0.814. The molecule has 1 aromatic carbocycles. The van der Waals surface area contributed by atoms with Crippen LogP contribution in [0.1, 0.15) is 5.56 Å². The van der Waals surface area contributed by atoms with Gasteiger partial charge in [0.1, 0.15) is 5.75 Å². The molecule has 16 heavy (non-hydrogen) atoms. The van der Waals surface area contributed by atoms with Gasteiger partial charge < -0.3 is 14.6 Å². The maximum Gasteiger partial charge on any atom is 0.335 e. The number of ether oxygens (including phenoxy) is 2. The first-order valence-electron chi connectivity index (χ1n) is 4.66. The van der Waals surface area contributed by atoms with Crippen LogP contribution >= 0.6 is 11.6 Å². The molecular weight excluding hydrogens is 232 g/mol. The summed E-state index contributed by atoms with van der Waals surface area (Å²) in [7, 11) is 2.73. The van der Waals surface area contributed by atoms with Crippen molar-refractivity contribution in [1.82, 2.24) is 0 Å². The van der Waals surface area contributed by atoms with Gasteiger partial charge in [-0.05, 0) is 17.7 Å². The normalized spacial score (nSPS) is 12.0. The Balaban J connectivity index is 2.78. The van der Waals surface area contributed by atoms with Gasteiger partial charge in [0.25, 0.3) is 0 Å². The molecule has 1 unspecified atom stereocenters. The Morgan fingerprint density at radius 3 is 2.75 bits per heavy atom. The highest BCUT2D eigenvalue weighted by Crippen LogP contribution is 2.25. The average Bonchev–Trinajstić information content (AvgIpc) is 2.30. The summed E-state index contributed by atoms with van der Waals surface area (Å²) < 4.78 is 9.44. The number of aliphatic hydroxyl groups is 1. The van der Waals surface area contributed by atoms with Crippen molar-refractivity contribution in [2.24, 2.45) is 0 Å². The molecule has 1 aromatic rings. The van der Waals surface area contributed by atoms with Gasteiger partial charge in [-0.2, -0.15) is 0 Å². The number of benzene rings is 1. The van der Waals surface area contributed by atoms with Crippen molar-refractivity contribution in [1.29, 1.82) is 0 Å². The van der Waals surface area contributed by atoms with E-state index >= 15 is 0 Å². The predicted octanol–water partition coefficient (Wildman–Crippen LogP) is 1.43. The molecule has 0 saturated heterocycles. The average molecular weight is 245 g/mol. The summed E-state index contributed by atoms with van der Waals surface area (Å²) in [6.07, 6.45) is -1.00. The number of esters is 1. The molecule has 0 aliphatic rings. The van der Waals surface area contributed by atoms with E-state index in [4.69, 9.17) is 16.3 Å². The predicted molar refractivity (Wildman–Crippen MR) is 59.7 cm³/mol. The molecular formula is C11H13ClO4. The summed E-state index contributed by atoms with van der Waals surface area (Å²) in [6.45, 7) is 0. The molecule has 4 nitrogen and oxygen atoms in total. The van der Waals surface area contributed by atoms with Crippen LogP contribution in [0.2, 0.25) is 5.02 Å². The molecule has 1 rings (SSSR count). The summed E-state index contributed by atoms with van der Waals surface area (Å²) >= 11 is 5.84. The third-order valence-corrected chi connectivity index (χ3v) is 2.43. The Morgan fingerprint density at radius 2 is 2.19 bits per heavy atom. The lowest BCUT2D eigenvalue weighted by Gasteiger charge is -2.10. The van der Waals surface area contributed by atoms with Gasteiger partial charge >= 0.3 is 5.97 Å². The van der Waals surface area contributed by atoms with Crippen LogP contribution < -0.4 is 4.74 Å². The van der Waals surface area contributed by atoms with E-state index in [0.29, 0.717) is 10.8 Å². The topological polar surface area (TPSA) is 55.8 Å². The summed E-state index contributed by atoms with van der Waals surface area (Å²) in [4.78, 5) is 11.0. The Kier molecular flexibility index (Phi) is 4.58. The minimum absolute atomic E-state index is 0.167. The highest BCUT2D eigenvalue weighted by molar-refractivity contribution is 6.32. The van der Waals surface area contributed by atoms with Crippen LogP contribution in [0, 0.1) is 0 Å². The van der Waals surface area contributed by atoms with E-state index in [0.717, 1.165) is 5.56 Å². The molecule has 0 aromatic heterocycles. The number of rotatable bonds is 4. The Hall–Kier alpha value is -1.26. The fraction of sp³-hybridized carbons (Fsp3) is 0.364. The van der Waals surface area contributed by atoms with Gasteiger partial charge in [0.2, 0.25) is 0 Å². The third-order valence-electron chi connectivity index (χ3n) is 2.12. The second-order valence-corrected chi connectivity index (χ2v) is 3.62. The van der Waals surface area contributed by atoms with Crippen molar-refractivity contribution in [2.75, 3.05) is 14.2 Å². The van der Waals surface area contributed by atoms with Crippen LogP contribution in [0.25, 0.3) is 0 Å². The largest absolute Gasteiger partial charge is 0.495 e. The number of halogens is 1. The van der Waals surface area contributed by atoms with E-state index in [-0.39, 0.29) is 6.42 Å². The lowest BCUT2D eigenvalue weighted by atomic mass is 10.1. The molecule has 0 amide bonds. The first-order valence-corrected chi connectivity index (χ1v) is 5.04. The minimum Gasteiger partial charge on any atom is -0.495 e. The van der Waals surface area contributed by atoms with Crippen LogP contribution in [-0.4, -0.2) is 31.4 Å². The van der Waals surface area contributed by atoms with Gasteiger partial charge in [-0.25, -0.2) is 4.79 Å². The summed E-state index contributed by atoms with van der Waals surface area (Å²) in [5.74, 6) is -0.148. The number of hydrogen-bond donors (Lipinski definition) is 1. The van der Waals surface area contributed by atoms with E-state index in [9.17, 15) is 9.90 Å². The zero-order valence-electron chi connectivity index (χ0n) is 9.07. The molecule has 0 aliphatic carbocycles. The Morgan fingerprint density at radius 1 is 1.50 bits per heavy atom. The van der Waals surface area contributed by atoms with Gasteiger partial charge in [0.15, 0.2) is 6.10 Å². The molecule has 1 N–H and O–H groups in total. The van der Waals surface area contributed by atoms with E-state index < -0.39 is 12.1 Å². The van der Waals surface area contributed by atoms with Crippen LogP contribution in [0.3, 0.4) is 0 Å². The van der Waals surface area contributed by atoms with Crippen LogP contribution in [0.4, 0.5) is 0 Å². The van der Waals surface area contributed by atoms with Gasteiger partial charge in [-0.15, -0.1) is 0 Å². The first kappa shape index (κ1) is 12.8. The van der Waals surface area contributed by atoms with E-state index in [1.807, 2.05) is 0 Å². The lowest BCUT2D eigenvalue weighted by molar-refractivity contribution is -0.150. The summed E-state index contributed by atoms with van der Waals surface area (Å²) in [6, 6.07) is 5.05. The molecule has 0 saturated carbocycles. The van der Waals surface area contributed by atoms with Crippen molar-refractivity contribution in [2.45, 2.75) is 12.5 Å². The number of hydrogen-bond acceptors (Lipinski definition) is 4. The van der Waals surface area contributed by atoms with Crippen molar-refractivity contribution in [3.63, 3.8) is 0 Å². The zero-order chi connectivity index (χ0) is 12.1. The lowest BCUT2D eigenvalue weighted by Crippen LogP contribution is -2.24. The number of carbonyl (C=O) groups excluding carboxylic acids is 1. The standard InChI is InChI=1S/C11H13ClO4/c1-15-10-6-7(3-4-8(10)12)5-9(13)11(14)16-2/h3-4,6,9,13H,5H2,1-2H3. The van der Waals surface area contributed by atoms with Crippen molar-refractivity contribution in [3.05, 3.63) is 28.8 Å². The third kappa shape index (κ3) is 3.12. The first-order chi connectivity index (χ1) is 7.58. The SMILES string of the molecule is COC(=O)C(O)Cc1ccc(Cl)c(OC)c1. The minimum atomic E-state index is -1.17. The number of methoxy groups -OCH3 is 2. The van der Waals surface area contributed by atoms with Crippen molar-refractivity contribution in [3.8, 4) is 5.75 Å². The summed E-state index contributed by atoms with van der Waals surface area (Å²) in [5.41, 5.74) is 0.749. The maximum atomic E-state index is 11.0. The highest BCUT2D eigenvalue weighted by atomic mass is 35.5.